The molecule has 0 amide bonds. The van der Waals surface area contributed by atoms with Crippen LogP contribution in [-0.4, -0.2) is 33.1 Å². The average molecular weight is 193 g/mol. The van der Waals surface area contributed by atoms with Crippen molar-refractivity contribution in [1.29, 1.82) is 0 Å². The second-order valence-corrected chi connectivity index (χ2v) is 3.35. The minimum Gasteiger partial charge on any atom is -0.374 e. The summed E-state index contributed by atoms with van der Waals surface area (Å²) in [6.07, 6.45) is 0.0474. The summed E-state index contributed by atoms with van der Waals surface area (Å²) in [4.78, 5) is 2.10. The van der Waals surface area contributed by atoms with Crippen molar-refractivity contribution < 1.29 is 9.47 Å². The number of hydrogen-bond donors (Lipinski definition) is 0. The highest BCUT2D eigenvalue weighted by molar-refractivity contribution is 5.45. The molecular formula is C11H15NO2. The Morgan fingerprint density at radius 2 is 2.00 bits per heavy atom. The van der Waals surface area contributed by atoms with Gasteiger partial charge in [-0.1, -0.05) is 18.2 Å². The highest BCUT2D eigenvalue weighted by Crippen LogP contribution is 2.16. The van der Waals surface area contributed by atoms with Gasteiger partial charge >= 0.3 is 0 Å². The fourth-order valence-electron chi connectivity index (χ4n) is 1.53. The van der Waals surface area contributed by atoms with E-state index in [9.17, 15) is 0 Å². The first-order valence-electron chi connectivity index (χ1n) is 4.85. The van der Waals surface area contributed by atoms with E-state index in [0.29, 0.717) is 19.8 Å². The van der Waals surface area contributed by atoms with Crippen molar-refractivity contribution >= 4 is 5.69 Å². The molecule has 1 aliphatic heterocycles. The van der Waals surface area contributed by atoms with Crippen molar-refractivity contribution in [2.45, 2.75) is 6.23 Å². The maximum absolute atomic E-state index is 5.60. The third-order valence-electron chi connectivity index (χ3n) is 2.39. The van der Waals surface area contributed by atoms with Crippen LogP contribution in [0.4, 0.5) is 5.69 Å². The minimum absolute atomic E-state index is 0.0474. The molecule has 0 N–H and O–H groups in total. The number of rotatable bonds is 2. The number of para-hydroxylation sites is 1. The standard InChI is InChI=1S/C11H15NO2/c1-12(10-5-3-2-4-6-10)11-9-13-7-8-14-11/h2-6,11H,7-9H2,1H3. The highest BCUT2D eigenvalue weighted by Gasteiger charge is 2.18. The Morgan fingerprint density at radius 3 is 2.64 bits per heavy atom. The maximum atomic E-state index is 5.60. The summed E-state index contributed by atoms with van der Waals surface area (Å²) < 4.78 is 11.0. The molecule has 1 aromatic carbocycles. The zero-order valence-electron chi connectivity index (χ0n) is 8.35. The molecule has 1 aromatic rings. The number of anilines is 1. The van der Waals surface area contributed by atoms with E-state index >= 15 is 0 Å². The average Bonchev–Trinajstić information content (AvgIpc) is 2.30. The van der Waals surface area contributed by atoms with Crippen molar-refractivity contribution in [3.8, 4) is 0 Å². The molecule has 14 heavy (non-hydrogen) atoms. The van der Waals surface area contributed by atoms with Crippen LogP contribution >= 0.6 is 0 Å². The SMILES string of the molecule is CN(c1ccccc1)C1COCCO1. The number of ether oxygens (including phenoxy) is 2. The summed E-state index contributed by atoms with van der Waals surface area (Å²) in [5.41, 5.74) is 1.16. The van der Waals surface area contributed by atoms with E-state index in [4.69, 9.17) is 9.47 Å². The Morgan fingerprint density at radius 1 is 1.21 bits per heavy atom. The quantitative estimate of drug-likeness (QED) is 0.710. The zero-order chi connectivity index (χ0) is 9.80. The Kier molecular flexibility index (Phi) is 3.01. The van der Waals surface area contributed by atoms with Gasteiger partial charge in [0.1, 0.15) is 0 Å². The van der Waals surface area contributed by atoms with Gasteiger partial charge in [-0.15, -0.1) is 0 Å². The third-order valence-corrected chi connectivity index (χ3v) is 2.39. The monoisotopic (exact) mass is 193 g/mol. The molecule has 0 saturated carbocycles. The van der Waals surface area contributed by atoms with Gasteiger partial charge in [0.15, 0.2) is 6.23 Å². The van der Waals surface area contributed by atoms with Crippen LogP contribution in [0.3, 0.4) is 0 Å². The van der Waals surface area contributed by atoms with E-state index in [2.05, 4.69) is 17.0 Å². The molecule has 76 valence electrons. The molecule has 0 radical (unpaired) electrons. The van der Waals surface area contributed by atoms with Crippen LogP contribution in [0.1, 0.15) is 0 Å². The number of nitrogens with zero attached hydrogens (tertiary/aromatic N) is 1. The molecule has 1 saturated heterocycles. The molecule has 0 aliphatic carbocycles. The van der Waals surface area contributed by atoms with Crippen LogP contribution in [0.25, 0.3) is 0 Å². The summed E-state index contributed by atoms with van der Waals surface area (Å²) in [6.45, 7) is 2.03. The number of benzene rings is 1. The summed E-state index contributed by atoms with van der Waals surface area (Å²) in [7, 11) is 2.02. The first-order valence-corrected chi connectivity index (χ1v) is 4.85. The molecule has 3 heteroatoms. The van der Waals surface area contributed by atoms with Crippen LogP contribution in [0, 0.1) is 0 Å². The molecule has 0 bridgehead atoms. The van der Waals surface area contributed by atoms with E-state index < -0.39 is 0 Å². The van der Waals surface area contributed by atoms with Crippen LogP contribution < -0.4 is 4.90 Å². The second kappa shape index (κ2) is 4.44. The predicted octanol–water partition coefficient (Wildman–Crippen LogP) is 1.50. The lowest BCUT2D eigenvalue weighted by atomic mass is 10.3. The van der Waals surface area contributed by atoms with Gasteiger partial charge in [-0.05, 0) is 12.1 Å². The van der Waals surface area contributed by atoms with Gasteiger partial charge in [-0.3, -0.25) is 0 Å². The van der Waals surface area contributed by atoms with E-state index in [1.54, 1.807) is 0 Å². The Labute approximate surface area is 84.2 Å². The molecule has 1 aliphatic rings. The number of hydrogen-bond acceptors (Lipinski definition) is 3. The highest BCUT2D eigenvalue weighted by atomic mass is 16.6. The fraction of sp³-hybridized carbons (Fsp3) is 0.455. The lowest BCUT2D eigenvalue weighted by Crippen LogP contribution is -2.42. The molecule has 0 spiro atoms. The van der Waals surface area contributed by atoms with Gasteiger partial charge in [0.2, 0.25) is 0 Å². The van der Waals surface area contributed by atoms with Gasteiger partial charge < -0.3 is 14.4 Å². The summed E-state index contributed by atoms with van der Waals surface area (Å²) in [5.74, 6) is 0. The molecule has 1 atom stereocenters. The molecule has 1 unspecified atom stereocenters. The second-order valence-electron chi connectivity index (χ2n) is 3.35. The zero-order valence-corrected chi connectivity index (χ0v) is 8.35. The van der Waals surface area contributed by atoms with Crippen molar-refractivity contribution in [2.75, 3.05) is 31.8 Å². The lowest BCUT2D eigenvalue weighted by molar-refractivity contribution is -0.0865. The maximum Gasteiger partial charge on any atom is 0.153 e. The molecular weight excluding hydrogens is 178 g/mol. The van der Waals surface area contributed by atoms with Crippen molar-refractivity contribution in [1.82, 2.24) is 0 Å². The smallest absolute Gasteiger partial charge is 0.153 e. The molecule has 0 aromatic heterocycles. The van der Waals surface area contributed by atoms with E-state index in [0.717, 1.165) is 5.69 Å². The van der Waals surface area contributed by atoms with E-state index in [1.165, 1.54) is 0 Å². The molecule has 1 fully saturated rings. The van der Waals surface area contributed by atoms with Gasteiger partial charge in [-0.25, -0.2) is 0 Å². The van der Waals surface area contributed by atoms with Crippen molar-refractivity contribution in [2.24, 2.45) is 0 Å². The van der Waals surface area contributed by atoms with E-state index in [-0.39, 0.29) is 6.23 Å². The fourth-order valence-corrected chi connectivity index (χ4v) is 1.53. The van der Waals surface area contributed by atoms with Crippen LogP contribution in [-0.2, 0) is 9.47 Å². The van der Waals surface area contributed by atoms with Gasteiger partial charge in [0, 0.05) is 12.7 Å². The van der Waals surface area contributed by atoms with Gasteiger partial charge in [-0.2, -0.15) is 0 Å². The Bertz CT molecular complexity index is 270. The van der Waals surface area contributed by atoms with Crippen molar-refractivity contribution in [3.05, 3.63) is 30.3 Å². The van der Waals surface area contributed by atoms with Crippen molar-refractivity contribution in [3.63, 3.8) is 0 Å². The molecule has 3 nitrogen and oxygen atoms in total. The van der Waals surface area contributed by atoms with Crippen LogP contribution in [0.15, 0.2) is 30.3 Å². The van der Waals surface area contributed by atoms with Gasteiger partial charge in [0.05, 0.1) is 19.8 Å². The topological polar surface area (TPSA) is 21.7 Å². The lowest BCUT2D eigenvalue weighted by Gasteiger charge is -2.32. The van der Waals surface area contributed by atoms with Crippen LogP contribution in [0.2, 0.25) is 0 Å². The van der Waals surface area contributed by atoms with Crippen LogP contribution in [0.5, 0.6) is 0 Å². The van der Waals surface area contributed by atoms with E-state index in [1.807, 2.05) is 25.2 Å². The largest absolute Gasteiger partial charge is 0.374 e. The molecule has 2 rings (SSSR count). The Hall–Kier alpha value is -1.06. The number of likely N-dealkylation sites (N-methyl/N-ethyl adjacent to an activating group) is 1. The normalized spacial score (nSPS) is 21.9. The first-order chi connectivity index (χ1) is 6.88. The summed E-state index contributed by atoms with van der Waals surface area (Å²) >= 11 is 0. The first kappa shape index (κ1) is 9.49. The summed E-state index contributed by atoms with van der Waals surface area (Å²) in [6, 6.07) is 10.2. The minimum atomic E-state index is 0.0474. The predicted molar refractivity (Wildman–Crippen MR) is 55.4 cm³/mol. The summed E-state index contributed by atoms with van der Waals surface area (Å²) in [5, 5.41) is 0. The third kappa shape index (κ3) is 2.05. The Balaban J connectivity index is 2.03. The molecule has 1 heterocycles. The van der Waals surface area contributed by atoms with Gasteiger partial charge in [0.25, 0.3) is 0 Å².